The van der Waals surface area contributed by atoms with Crippen molar-refractivity contribution in [1.29, 1.82) is 0 Å². The van der Waals surface area contributed by atoms with Gasteiger partial charge in [0, 0.05) is 6.07 Å². The van der Waals surface area contributed by atoms with Crippen molar-refractivity contribution in [2.75, 3.05) is 13.7 Å². The number of carboxylic acid groups (broad SMARTS) is 1. The number of hydrogen-bond acceptors (Lipinski definition) is 6. The van der Waals surface area contributed by atoms with E-state index in [0.29, 0.717) is 22.8 Å². The van der Waals surface area contributed by atoms with Crippen LogP contribution in [0.3, 0.4) is 0 Å². The number of carboxylic acids is 1. The lowest BCUT2D eigenvalue weighted by Crippen LogP contribution is -2.40. The number of carbonyl (C=O) groups is 3. The third-order valence-corrected chi connectivity index (χ3v) is 4.15. The number of ether oxygens (including phenoxy) is 3. The largest absolute Gasteiger partial charge is 0.497 e. The molecular formula is C21H19NO7. The highest BCUT2D eigenvalue weighted by Gasteiger charge is 2.28. The van der Waals surface area contributed by atoms with E-state index in [0.717, 1.165) is 5.56 Å². The van der Waals surface area contributed by atoms with Crippen LogP contribution in [0.2, 0.25) is 0 Å². The third-order valence-electron chi connectivity index (χ3n) is 4.15. The summed E-state index contributed by atoms with van der Waals surface area (Å²) >= 11 is 0. The molecule has 0 aliphatic carbocycles. The van der Waals surface area contributed by atoms with Crippen molar-refractivity contribution in [3.05, 3.63) is 59.4 Å². The van der Waals surface area contributed by atoms with Crippen molar-refractivity contribution < 1.29 is 33.7 Å². The highest BCUT2D eigenvalue weighted by atomic mass is 16.5. The Hall–Kier alpha value is -3.81. The van der Waals surface area contributed by atoms with Crippen LogP contribution in [0.15, 0.2) is 48.2 Å². The van der Waals surface area contributed by atoms with E-state index in [1.54, 1.807) is 43.5 Å². The second kappa shape index (κ2) is 8.47. The number of carbonyl (C=O) groups excluding carboxylic acids is 2. The van der Waals surface area contributed by atoms with Crippen molar-refractivity contribution in [3.63, 3.8) is 0 Å². The Morgan fingerprint density at radius 3 is 2.72 bits per heavy atom. The van der Waals surface area contributed by atoms with Gasteiger partial charge in [0.25, 0.3) is 5.91 Å². The Morgan fingerprint density at radius 1 is 1.21 bits per heavy atom. The molecule has 0 aromatic heterocycles. The van der Waals surface area contributed by atoms with E-state index in [4.69, 9.17) is 19.3 Å². The fourth-order valence-corrected chi connectivity index (χ4v) is 2.63. The number of benzene rings is 2. The first-order valence-corrected chi connectivity index (χ1v) is 8.74. The van der Waals surface area contributed by atoms with Gasteiger partial charge in [0.05, 0.1) is 12.7 Å². The van der Waals surface area contributed by atoms with Crippen LogP contribution >= 0.6 is 0 Å². The molecule has 0 unspecified atom stereocenters. The lowest BCUT2D eigenvalue weighted by Gasteiger charge is -2.10. The van der Waals surface area contributed by atoms with E-state index in [1.807, 2.05) is 6.07 Å². The van der Waals surface area contributed by atoms with Gasteiger partial charge >= 0.3 is 5.97 Å². The Morgan fingerprint density at radius 2 is 2.00 bits per heavy atom. The van der Waals surface area contributed by atoms with Crippen LogP contribution in [0.25, 0.3) is 6.08 Å². The molecule has 8 heteroatoms. The molecule has 8 nitrogen and oxygen atoms in total. The van der Waals surface area contributed by atoms with Crippen LogP contribution in [0.1, 0.15) is 22.8 Å². The van der Waals surface area contributed by atoms with Crippen LogP contribution in [0.4, 0.5) is 0 Å². The van der Waals surface area contributed by atoms with Gasteiger partial charge in [0.1, 0.15) is 23.3 Å². The van der Waals surface area contributed by atoms with E-state index in [9.17, 15) is 14.4 Å². The monoisotopic (exact) mass is 397 g/mol. The number of ketones is 1. The van der Waals surface area contributed by atoms with Crippen molar-refractivity contribution in [2.24, 2.45) is 0 Å². The normalized spacial score (nSPS) is 14.7. The molecule has 0 saturated carbocycles. The Bertz CT molecular complexity index is 996. The Labute approximate surface area is 166 Å². The van der Waals surface area contributed by atoms with Gasteiger partial charge < -0.3 is 24.6 Å². The van der Waals surface area contributed by atoms with Gasteiger partial charge in [-0.05, 0) is 42.8 Å². The summed E-state index contributed by atoms with van der Waals surface area (Å²) < 4.78 is 16.2. The van der Waals surface area contributed by atoms with Crippen molar-refractivity contribution in [2.45, 2.75) is 13.0 Å². The average molecular weight is 397 g/mol. The lowest BCUT2D eigenvalue weighted by molar-refractivity contribution is -0.141. The zero-order chi connectivity index (χ0) is 21.0. The molecule has 1 atom stereocenters. The maximum Gasteiger partial charge on any atom is 0.325 e. The zero-order valence-electron chi connectivity index (χ0n) is 15.8. The number of methoxy groups -OCH3 is 1. The number of nitrogens with one attached hydrogen (secondary N) is 1. The first kappa shape index (κ1) is 19.9. The minimum Gasteiger partial charge on any atom is -0.497 e. The van der Waals surface area contributed by atoms with Gasteiger partial charge in [-0.3, -0.25) is 14.4 Å². The number of allylic oxidation sites excluding steroid dienone is 1. The van der Waals surface area contributed by atoms with Crippen LogP contribution in [-0.2, 0) is 9.59 Å². The SMILES string of the molecule is COc1cccc(/C=C2\Oc3cc(OCC(=O)N[C@@H](C)C(=O)O)ccc3C2=O)c1. The maximum absolute atomic E-state index is 12.5. The molecule has 3 rings (SSSR count). The van der Waals surface area contributed by atoms with E-state index < -0.39 is 17.9 Å². The number of hydrogen-bond donors (Lipinski definition) is 2. The fraction of sp³-hybridized carbons (Fsp3) is 0.190. The second-order valence-electron chi connectivity index (χ2n) is 6.29. The zero-order valence-corrected chi connectivity index (χ0v) is 15.8. The molecule has 2 N–H and O–H groups in total. The van der Waals surface area contributed by atoms with Gasteiger partial charge in [0.2, 0.25) is 5.78 Å². The highest BCUT2D eigenvalue weighted by molar-refractivity contribution is 6.14. The van der Waals surface area contributed by atoms with E-state index >= 15 is 0 Å². The smallest absolute Gasteiger partial charge is 0.325 e. The summed E-state index contributed by atoms with van der Waals surface area (Å²) in [4.78, 5) is 35.0. The van der Waals surface area contributed by atoms with E-state index in [-0.39, 0.29) is 18.1 Å². The summed E-state index contributed by atoms with van der Waals surface area (Å²) in [5.41, 5.74) is 1.14. The molecule has 150 valence electrons. The standard InChI is InChI=1S/C21H19NO7/c1-12(21(25)26)22-19(23)11-28-15-6-7-16-17(10-15)29-18(20(16)24)9-13-4-3-5-14(8-13)27-2/h3-10,12H,11H2,1-2H3,(H,22,23)(H,25,26)/b18-9-/t12-/m0/s1. The van der Waals surface area contributed by atoms with Gasteiger partial charge in [-0.2, -0.15) is 0 Å². The second-order valence-corrected chi connectivity index (χ2v) is 6.29. The number of fused-ring (bicyclic) bond motifs is 1. The van der Waals surface area contributed by atoms with Crippen molar-refractivity contribution in [1.82, 2.24) is 5.32 Å². The molecule has 0 radical (unpaired) electrons. The van der Waals surface area contributed by atoms with E-state index in [2.05, 4.69) is 5.32 Å². The minimum absolute atomic E-state index is 0.165. The Kier molecular flexibility index (Phi) is 5.82. The number of Topliss-reactive ketones (excluding diaryl/α,β-unsaturated/α-hetero) is 1. The maximum atomic E-state index is 12.5. The first-order valence-electron chi connectivity index (χ1n) is 8.74. The van der Waals surface area contributed by atoms with Crippen LogP contribution < -0.4 is 19.5 Å². The molecule has 1 heterocycles. The summed E-state index contributed by atoms with van der Waals surface area (Å²) in [6.45, 7) is 0.988. The molecule has 1 aliphatic rings. The Balaban J connectivity index is 1.68. The number of aliphatic carboxylic acids is 1. The molecule has 0 saturated heterocycles. The average Bonchev–Trinajstić information content (AvgIpc) is 3.01. The summed E-state index contributed by atoms with van der Waals surface area (Å²) in [5.74, 6) is -0.512. The van der Waals surface area contributed by atoms with E-state index in [1.165, 1.54) is 13.0 Å². The van der Waals surface area contributed by atoms with Gasteiger partial charge in [-0.25, -0.2) is 0 Å². The summed E-state index contributed by atoms with van der Waals surface area (Å²) in [6.07, 6.45) is 1.62. The van der Waals surface area contributed by atoms with Crippen LogP contribution in [0, 0.1) is 0 Å². The molecule has 29 heavy (non-hydrogen) atoms. The molecule has 0 bridgehead atoms. The summed E-state index contributed by atoms with van der Waals surface area (Å²) in [6, 6.07) is 10.8. The highest BCUT2D eigenvalue weighted by Crippen LogP contribution is 2.35. The summed E-state index contributed by atoms with van der Waals surface area (Å²) in [7, 11) is 1.56. The molecule has 2 aromatic carbocycles. The van der Waals surface area contributed by atoms with Crippen molar-refractivity contribution in [3.8, 4) is 17.2 Å². The topological polar surface area (TPSA) is 111 Å². The quantitative estimate of drug-likeness (QED) is 0.690. The van der Waals surface area contributed by atoms with Gasteiger partial charge in [0.15, 0.2) is 12.4 Å². The predicted molar refractivity (Wildman–Crippen MR) is 103 cm³/mol. The predicted octanol–water partition coefficient (Wildman–Crippen LogP) is 2.28. The minimum atomic E-state index is -1.14. The van der Waals surface area contributed by atoms with Crippen LogP contribution in [-0.4, -0.2) is 42.5 Å². The van der Waals surface area contributed by atoms with Crippen LogP contribution in [0.5, 0.6) is 17.2 Å². The number of rotatable bonds is 7. The fourth-order valence-electron chi connectivity index (χ4n) is 2.63. The first-order chi connectivity index (χ1) is 13.9. The van der Waals surface area contributed by atoms with Crippen molar-refractivity contribution >= 4 is 23.7 Å². The molecule has 0 spiro atoms. The molecule has 1 aliphatic heterocycles. The number of amides is 1. The van der Waals surface area contributed by atoms with Gasteiger partial charge in [-0.15, -0.1) is 0 Å². The van der Waals surface area contributed by atoms with Gasteiger partial charge in [-0.1, -0.05) is 12.1 Å². The third kappa shape index (κ3) is 4.73. The molecule has 0 fully saturated rings. The molecule has 2 aromatic rings. The molecular weight excluding hydrogens is 378 g/mol. The molecule has 1 amide bonds. The summed E-state index contributed by atoms with van der Waals surface area (Å²) in [5, 5.41) is 11.1. The lowest BCUT2D eigenvalue weighted by atomic mass is 10.1.